The molecule has 134 valence electrons. The van der Waals surface area contributed by atoms with Gasteiger partial charge in [-0.1, -0.05) is 12.1 Å². The van der Waals surface area contributed by atoms with Gasteiger partial charge in [-0.05, 0) is 43.3 Å². The summed E-state index contributed by atoms with van der Waals surface area (Å²) >= 11 is 0. The number of rotatable bonds is 4. The molecule has 1 aliphatic heterocycles. The Morgan fingerprint density at radius 2 is 1.77 bits per heavy atom. The van der Waals surface area contributed by atoms with Gasteiger partial charge in [0.2, 0.25) is 0 Å². The molecule has 3 rings (SSSR count). The average molecular weight is 353 g/mol. The predicted octanol–water partition coefficient (Wildman–Crippen LogP) is 2.81. The summed E-state index contributed by atoms with van der Waals surface area (Å²) in [4.78, 5) is 16.5. The molecule has 1 heterocycles. The number of hydrogen-bond acceptors (Lipinski definition) is 4. The van der Waals surface area contributed by atoms with Crippen molar-refractivity contribution in [3.8, 4) is 11.8 Å². The number of hydrogen-bond donors (Lipinski definition) is 0. The fraction of sp³-hybridized carbons (Fsp3) is 0.300. The molecule has 26 heavy (non-hydrogen) atoms. The molecular formula is C20H20FN3O2. The number of amides is 1. The number of halogens is 1. The van der Waals surface area contributed by atoms with Gasteiger partial charge in [0, 0.05) is 26.2 Å². The first-order chi connectivity index (χ1) is 12.6. The second-order valence-corrected chi connectivity index (χ2v) is 6.16. The fourth-order valence-corrected chi connectivity index (χ4v) is 3.04. The molecule has 2 aromatic carbocycles. The van der Waals surface area contributed by atoms with Crippen molar-refractivity contribution in [2.75, 3.05) is 31.1 Å². The number of benzene rings is 2. The van der Waals surface area contributed by atoms with Crippen LogP contribution in [0.25, 0.3) is 0 Å². The molecule has 5 nitrogen and oxygen atoms in total. The monoisotopic (exact) mass is 353 g/mol. The maximum absolute atomic E-state index is 12.9. The molecule has 1 fully saturated rings. The van der Waals surface area contributed by atoms with E-state index in [1.54, 1.807) is 17.9 Å². The zero-order valence-corrected chi connectivity index (χ0v) is 14.6. The summed E-state index contributed by atoms with van der Waals surface area (Å²) in [5.41, 5.74) is 1.54. The Kier molecular flexibility index (Phi) is 5.37. The van der Waals surface area contributed by atoms with Crippen molar-refractivity contribution in [3.63, 3.8) is 0 Å². The van der Waals surface area contributed by atoms with Crippen molar-refractivity contribution >= 4 is 11.6 Å². The fourth-order valence-electron chi connectivity index (χ4n) is 3.04. The quantitative estimate of drug-likeness (QED) is 0.848. The third-order valence-corrected chi connectivity index (χ3v) is 4.43. The van der Waals surface area contributed by atoms with Gasteiger partial charge in [-0.15, -0.1) is 0 Å². The van der Waals surface area contributed by atoms with Gasteiger partial charge in [-0.3, -0.25) is 4.79 Å². The number of anilines is 1. The number of nitriles is 1. The molecule has 1 atom stereocenters. The summed E-state index contributed by atoms with van der Waals surface area (Å²) < 4.78 is 18.6. The van der Waals surface area contributed by atoms with E-state index in [2.05, 4.69) is 11.0 Å². The Hall–Kier alpha value is -3.07. The molecule has 0 N–H and O–H groups in total. The molecule has 2 aromatic rings. The maximum Gasteiger partial charge on any atom is 0.263 e. The van der Waals surface area contributed by atoms with E-state index in [0.717, 1.165) is 5.69 Å². The van der Waals surface area contributed by atoms with Gasteiger partial charge in [0.1, 0.15) is 17.6 Å². The molecule has 0 saturated carbocycles. The van der Waals surface area contributed by atoms with E-state index in [9.17, 15) is 14.4 Å². The maximum atomic E-state index is 12.9. The predicted molar refractivity (Wildman–Crippen MR) is 96.4 cm³/mol. The van der Waals surface area contributed by atoms with Crippen LogP contribution in [0.4, 0.5) is 10.1 Å². The molecule has 1 aliphatic rings. The minimum Gasteiger partial charge on any atom is -0.481 e. The lowest BCUT2D eigenvalue weighted by Gasteiger charge is -2.37. The van der Waals surface area contributed by atoms with Gasteiger partial charge >= 0.3 is 0 Å². The van der Waals surface area contributed by atoms with Gasteiger partial charge in [-0.2, -0.15) is 5.26 Å². The second kappa shape index (κ2) is 7.87. The van der Waals surface area contributed by atoms with Crippen LogP contribution < -0.4 is 9.64 Å². The highest BCUT2D eigenvalue weighted by Crippen LogP contribution is 2.21. The summed E-state index contributed by atoms with van der Waals surface area (Å²) in [5, 5.41) is 9.24. The second-order valence-electron chi connectivity index (χ2n) is 6.16. The zero-order chi connectivity index (χ0) is 18.5. The molecule has 0 aliphatic carbocycles. The number of nitrogens with zero attached hydrogens (tertiary/aromatic N) is 3. The van der Waals surface area contributed by atoms with Crippen molar-refractivity contribution in [2.45, 2.75) is 13.0 Å². The Morgan fingerprint density at radius 3 is 2.42 bits per heavy atom. The summed E-state index contributed by atoms with van der Waals surface area (Å²) in [6, 6.07) is 15.3. The minimum absolute atomic E-state index is 0.0949. The first kappa shape index (κ1) is 17.7. The highest BCUT2D eigenvalue weighted by Gasteiger charge is 2.26. The van der Waals surface area contributed by atoms with Gasteiger partial charge in [0.05, 0.1) is 11.3 Å². The van der Waals surface area contributed by atoms with Crippen LogP contribution in [0.15, 0.2) is 48.5 Å². The van der Waals surface area contributed by atoms with Crippen LogP contribution in [-0.4, -0.2) is 43.1 Å². The van der Waals surface area contributed by atoms with E-state index in [1.807, 2.05) is 18.2 Å². The largest absolute Gasteiger partial charge is 0.481 e. The Labute approximate surface area is 152 Å². The van der Waals surface area contributed by atoms with Crippen LogP contribution in [0, 0.1) is 17.1 Å². The molecule has 0 bridgehead atoms. The lowest BCUT2D eigenvalue weighted by molar-refractivity contribution is -0.138. The molecular weight excluding hydrogens is 333 g/mol. The van der Waals surface area contributed by atoms with Crippen LogP contribution in [-0.2, 0) is 4.79 Å². The third kappa shape index (κ3) is 3.94. The molecule has 1 saturated heterocycles. The summed E-state index contributed by atoms with van der Waals surface area (Å²) in [5.74, 6) is 0.0291. The van der Waals surface area contributed by atoms with E-state index in [0.29, 0.717) is 37.5 Å². The zero-order valence-electron chi connectivity index (χ0n) is 14.6. The van der Waals surface area contributed by atoms with Crippen LogP contribution >= 0.6 is 0 Å². The van der Waals surface area contributed by atoms with Crippen LogP contribution in [0.5, 0.6) is 5.75 Å². The first-order valence-corrected chi connectivity index (χ1v) is 8.53. The summed E-state index contributed by atoms with van der Waals surface area (Å²) in [7, 11) is 0. The molecule has 0 spiro atoms. The number of para-hydroxylation sites is 1. The highest BCUT2D eigenvalue weighted by atomic mass is 19.1. The van der Waals surface area contributed by atoms with Crippen molar-refractivity contribution in [2.24, 2.45) is 0 Å². The van der Waals surface area contributed by atoms with Gasteiger partial charge in [0.25, 0.3) is 5.91 Å². The number of carbonyl (C=O) groups excluding carboxylic acids is 1. The molecule has 1 unspecified atom stereocenters. The van der Waals surface area contributed by atoms with Gasteiger partial charge in [-0.25, -0.2) is 4.39 Å². The molecule has 6 heteroatoms. The van der Waals surface area contributed by atoms with E-state index >= 15 is 0 Å². The van der Waals surface area contributed by atoms with E-state index in [4.69, 9.17) is 4.74 Å². The molecule has 1 amide bonds. The van der Waals surface area contributed by atoms with Crippen molar-refractivity contribution in [3.05, 3.63) is 59.9 Å². The topological polar surface area (TPSA) is 56.6 Å². The van der Waals surface area contributed by atoms with Gasteiger partial charge in [0.15, 0.2) is 6.10 Å². The minimum atomic E-state index is -0.640. The normalized spacial score (nSPS) is 15.3. The average Bonchev–Trinajstić information content (AvgIpc) is 2.69. The SMILES string of the molecule is CC(Oc1ccc(F)cc1)C(=O)N1CCN(c2ccccc2C#N)CC1. The van der Waals surface area contributed by atoms with Crippen LogP contribution in [0.1, 0.15) is 12.5 Å². The van der Waals surface area contributed by atoms with Crippen LogP contribution in [0.2, 0.25) is 0 Å². The Bertz CT molecular complexity index is 809. The Balaban J connectivity index is 1.58. The van der Waals surface area contributed by atoms with Crippen LogP contribution in [0.3, 0.4) is 0 Å². The van der Waals surface area contributed by atoms with Crippen molar-refractivity contribution in [1.29, 1.82) is 5.26 Å². The number of piperazine rings is 1. The smallest absolute Gasteiger partial charge is 0.263 e. The first-order valence-electron chi connectivity index (χ1n) is 8.53. The Morgan fingerprint density at radius 1 is 1.12 bits per heavy atom. The van der Waals surface area contributed by atoms with Crippen molar-refractivity contribution in [1.82, 2.24) is 4.90 Å². The number of ether oxygens (including phenoxy) is 1. The standard InChI is InChI=1S/C20H20FN3O2/c1-15(26-18-8-6-17(21)7-9-18)20(25)24-12-10-23(11-13-24)19-5-3-2-4-16(19)14-22/h2-9,15H,10-13H2,1H3. The summed E-state index contributed by atoms with van der Waals surface area (Å²) in [6.07, 6.45) is -0.640. The lowest BCUT2D eigenvalue weighted by atomic mass is 10.1. The van der Waals surface area contributed by atoms with Crippen molar-refractivity contribution < 1.29 is 13.9 Å². The van der Waals surface area contributed by atoms with E-state index in [-0.39, 0.29) is 11.7 Å². The third-order valence-electron chi connectivity index (χ3n) is 4.43. The van der Waals surface area contributed by atoms with Gasteiger partial charge < -0.3 is 14.5 Å². The molecule has 0 radical (unpaired) electrons. The number of carbonyl (C=O) groups is 1. The van der Waals surface area contributed by atoms with E-state index < -0.39 is 6.10 Å². The lowest BCUT2D eigenvalue weighted by Crippen LogP contribution is -2.52. The highest BCUT2D eigenvalue weighted by molar-refractivity contribution is 5.81. The molecule has 0 aromatic heterocycles. The summed E-state index contributed by atoms with van der Waals surface area (Å²) in [6.45, 7) is 4.15. The van der Waals surface area contributed by atoms with E-state index in [1.165, 1.54) is 24.3 Å².